The van der Waals surface area contributed by atoms with Crippen LogP contribution in [0.4, 0.5) is 0 Å². The van der Waals surface area contributed by atoms with Crippen molar-refractivity contribution in [1.82, 2.24) is 54.4 Å². The van der Waals surface area contributed by atoms with Gasteiger partial charge in [-0.15, -0.1) is 0 Å². The number of amides is 2. The van der Waals surface area contributed by atoms with Crippen molar-refractivity contribution in [2.24, 2.45) is 0 Å². The lowest BCUT2D eigenvalue weighted by Gasteiger charge is -2.30. The Morgan fingerprint density at radius 3 is 1.07 bits per heavy atom. The summed E-state index contributed by atoms with van der Waals surface area (Å²) in [7, 11) is -10.9. The molecule has 0 radical (unpaired) electrons. The number of fused-ring (bicyclic) bond motifs is 3. The van der Waals surface area contributed by atoms with Crippen LogP contribution >= 0.6 is 0 Å². The number of hydrogen-bond acceptors (Lipinski definition) is 23. The molecule has 3 N–H and O–H groups in total. The molecule has 28 nitrogen and oxygen atoms in total. The lowest BCUT2D eigenvalue weighted by atomic mass is 10.0. The number of likely N-dealkylation sites (tertiary alicyclic amines) is 2. The van der Waals surface area contributed by atoms with E-state index in [2.05, 4.69) is 62.8 Å². The van der Waals surface area contributed by atoms with Crippen molar-refractivity contribution in [3.8, 4) is 104 Å². The smallest absolute Gasteiger partial charge is 0.258 e. The first-order valence-corrected chi connectivity index (χ1v) is 40.8. The van der Waals surface area contributed by atoms with Crippen LogP contribution in [0, 0.1) is 34.0 Å². The van der Waals surface area contributed by atoms with Crippen molar-refractivity contribution in [2.45, 2.75) is 149 Å². The van der Waals surface area contributed by atoms with Crippen LogP contribution in [0.15, 0.2) is 123 Å². The SMILES string of the molecule is CC(C)Oc1ccc(-c2nc(-c3cccc4c3CC[C@@H]4NS(=O)(=O)CC(=O)N3CCC3)no2)cc1C#N.CC(C)Oc1ccc(-c2nc(-c3cccc4c3CC[C@H]4NS(=O)(=O)CC(=O)N3CCC3)no2)cc1C#N.CCCCS(=O)(=O)N[C@H]1CCc2c(-c3noc(-c4ccc(OC(C)C)c(C#N)c4)n3)cccc21. The van der Waals surface area contributed by atoms with Crippen molar-refractivity contribution in [3.63, 3.8) is 0 Å². The van der Waals surface area contributed by atoms with E-state index in [1.807, 2.05) is 103 Å². The molecule has 9 aromatic rings. The standard InChI is InChI=1S/2C26H27N5O5S.C25H28N4O4S/c2*1-16(2)35-23-10-7-17(13-18(23)14-27)26-28-25(29-36-26)21-6-3-5-20-19(21)8-9-22(20)30-37(33,34)15-24(32)31-11-4-12-31;1-4-5-13-34(30,31)29-22-11-10-19-20(22)7-6-8-21(19)24-27-25(33-28-24)17-9-12-23(32-16(2)3)18(14-17)15-26/h2*3,5-7,10,13,16,22,30H,4,8-9,11-12,15H2,1-2H3;6-9,12,14,16,22,29H,4-5,10-11,13H2,1-3H3/t3*22-/m100/s1. The summed E-state index contributed by atoms with van der Waals surface area (Å²) >= 11 is 0. The van der Waals surface area contributed by atoms with Crippen LogP contribution in [0.5, 0.6) is 17.2 Å². The number of nitrogens with zero attached hydrogens (tertiary/aromatic N) is 11. The highest BCUT2D eigenvalue weighted by Gasteiger charge is 2.36. The number of benzene rings is 6. The maximum absolute atomic E-state index is 12.7. The van der Waals surface area contributed by atoms with Gasteiger partial charge in [0.15, 0.2) is 0 Å². The Morgan fingerprint density at radius 1 is 0.481 bits per heavy atom. The molecule has 5 aliphatic rings. The first-order valence-electron chi connectivity index (χ1n) is 35.9. The fourth-order valence-electron chi connectivity index (χ4n) is 13.4. The van der Waals surface area contributed by atoms with Crippen molar-refractivity contribution in [3.05, 3.63) is 159 Å². The molecule has 3 atom stereocenters. The van der Waals surface area contributed by atoms with Crippen molar-refractivity contribution < 1.29 is 62.6 Å². The number of rotatable bonds is 25. The highest BCUT2D eigenvalue weighted by atomic mass is 32.2. The first kappa shape index (κ1) is 76.9. The van der Waals surface area contributed by atoms with E-state index < -0.39 is 53.7 Å². The predicted octanol–water partition coefficient (Wildman–Crippen LogP) is 11.2. The van der Waals surface area contributed by atoms with Gasteiger partial charge in [-0.05, 0) is 187 Å². The Bertz CT molecular complexity index is 5110. The third kappa shape index (κ3) is 18.1. The summed E-state index contributed by atoms with van der Waals surface area (Å²) in [5, 5.41) is 41.0. The van der Waals surface area contributed by atoms with Crippen LogP contribution in [-0.2, 0) is 58.9 Å². The number of aromatic nitrogens is 6. The highest BCUT2D eigenvalue weighted by Crippen LogP contribution is 2.42. The molecule has 2 amide bonds. The number of ether oxygens (including phenoxy) is 3. The van der Waals surface area contributed by atoms with Crippen LogP contribution in [0.3, 0.4) is 0 Å². The molecule has 108 heavy (non-hydrogen) atoms. The normalized spacial score (nSPS) is 16.3. The van der Waals surface area contributed by atoms with Crippen molar-refractivity contribution in [1.29, 1.82) is 15.8 Å². The van der Waals surface area contributed by atoms with Gasteiger partial charge in [-0.1, -0.05) is 83.4 Å². The molecule has 0 bridgehead atoms. The second kappa shape index (κ2) is 33.2. The monoisotopic (exact) mass is 1520 g/mol. The van der Waals surface area contributed by atoms with Crippen molar-refractivity contribution >= 4 is 41.9 Å². The maximum atomic E-state index is 12.7. The molecular formula is C77H82N14O14S3. The number of carbonyl (C=O) groups excluding carboxylic acids is 2. The zero-order valence-corrected chi connectivity index (χ0v) is 63.2. The molecule has 0 unspecified atom stereocenters. The summed E-state index contributed by atoms with van der Waals surface area (Å²) in [5.41, 5.74) is 10.8. The average molecular weight is 1520 g/mol. The van der Waals surface area contributed by atoms with Gasteiger partial charge >= 0.3 is 0 Å². The molecule has 0 saturated carbocycles. The molecule has 562 valence electrons. The van der Waals surface area contributed by atoms with Crippen LogP contribution in [0.25, 0.3) is 68.5 Å². The summed E-state index contributed by atoms with van der Waals surface area (Å²) in [6.45, 7) is 15.8. The third-order valence-corrected chi connectivity index (χ3v) is 22.7. The molecule has 14 rings (SSSR count). The zero-order chi connectivity index (χ0) is 76.6. The van der Waals surface area contributed by atoms with Gasteiger partial charge in [0.25, 0.3) is 17.7 Å². The van der Waals surface area contributed by atoms with Gasteiger partial charge in [-0.25, -0.2) is 39.4 Å². The number of hydrogen-bond donors (Lipinski definition) is 3. The van der Waals surface area contributed by atoms with E-state index in [1.54, 1.807) is 64.4 Å². The molecule has 6 aromatic carbocycles. The minimum absolute atomic E-state index is 0.0481. The minimum atomic E-state index is -3.78. The van der Waals surface area contributed by atoms with Gasteiger partial charge in [0.2, 0.25) is 59.4 Å². The van der Waals surface area contributed by atoms with Gasteiger partial charge < -0.3 is 37.6 Å². The molecule has 2 fully saturated rings. The number of unbranched alkanes of at least 4 members (excludes halogenated alkanes) is 1. The van der Waals surface area contributed by atoms with Gasteiger partial charge in [0, 0.05) is 77.7 Å². The summed E-state index contributed by atoms with van der Waals surface area (Å²) in [6.07, 6.45) is 6.90. The molecule has 31 heteroatoms. The quantitative estimate of drug-likeness (QED) is 0.0478. The second-order valence-corrected chi connectivity index (χ2v) is 33.0. The van der Waals surface area contributed by atoms with Crippen LogP contribution < -0.4 is 28.4 Å². The van der Waals surface area contributed by atoms with Crippen LogP contribution in [0.1, 0.15) is 162 Å². The van der Waals surface area contributed by atoms with E-state index in [1.165, 1.54) is 0 Å². The lowest BCUT2D eigenvalue weighted by Crippen LogP contribution is -2.46. The number of carbonyl (C=O) groups is 2. The Balaban J connectivity index is 0.000000151. The van der Waals surface area contributed by atoms with E-state index >= 15 is 0 Å². The third-order valence-electron chi connectivity index (χ3n) is 18.7. The fraction of sp³-hybridized carbons (Fsp3) is 0.390. The molecule has 3 aliphatic carbocycles. The largest absolute Gasteiger partial charge is 0.490 e. The highest BCUT2D eigenvalue weighted by molar-refractivity contribution is 7.90. The van der Waals surface area contributed by atoms with Gasteiger partial charge in [-0.2, -0.15) is 30.7 Å². The summed E-state index contributed by atoms with van der Waals surface area (Å²) in [5.74, 6) is 1.82. The van der Waals surface area contributed by atoms with Gasteiger partial charge in [0.05, 0.1) is 40.8 Å². The van der Waals surface area contributed by atoms with E-state index in [0.29, 0.717) is 139 Å². The summed E-state index contributed by atoms with van der Waals surface area (Å²) in [4.78, 5) is 41.1. The second-order valence-electron chi connectivity index (χ2n) is 27.6. The van der Waals surface area contributed by atoms with Gasteiger partial charge in [0.1, 0.15) is 47.0 Å². The number of nitrogens with one attached hydrogen (secondary N) is 3. The van der Waals surface area contributed by atoms with Crippen LogP contribution in [-0.4, -0.2) is 139 Å². The van der Waals surface area contributed by atoms with E-state index in [4.69, 9.17) is 27.8 Å². The average Bonchev–Trinajstić information content (AvgIpc) is 1.64. The van der Waals surface area contributed by atoms with Gasteiger partial charge in [-0.3, -0.25) is 9.59 Å². The van der Waals surface area contributed by atoms with Crippen molar-refractivity contribution in [2.75, 3.05) is 43.4 Å². The topological polar surface area (TPSA) is 395 Å². The molecule has 2 aliphatic heterocycles. The van der Waals surface area contributed by atoms with E-state index in [0.717, 1.165) is 75.8 Å². The number of sulfonamides is 3. The van der Waals surface area contributed by atoms with E-state index in [9.17, 15) is 50.6 Å². The number of nitriles is 3. The zero-order valence-electron chi connectivity index (χ0n) is 60.7. The Morgan fingerprint density at radius 2 is 0.796 bits per heavy atom. The summed E-state index contributed by atoms with van der Waals surface area (Å²) in [6, 6.07) is 37.6. The van der Waals surface area contributed by atoms with E-state index in [-0.39, 0.29) is 53.7 Å². The molecule has 2 saturated heterocycles. The molecule has 3 aromatic heterocycles. The predicted molar refractivity (Wildman–Crippen MR) is 398 cm³/mol. The Kier molecular flexibility index (Phi) is 23.6. The Hall–Kier alpha value is -10.7. The Labute approximate surface area is 626 Å². The minimum Gasteiger partial charge on any atom is -0.490 e. The molecule has 0 spiro atoms. The lowest BCUT2D eigenvalue weighted by molar-refractivity contribution is -0.132. The summed E-state index contributed by atoms with van der Waals surface area (Å²) < 4.78 is 117. The molecule has 5 heterocycles. The molecular weight excluding hydrogens is 1440 g/mol. The first-order chi connectivity index (χ1) is 51.8. The van der Waals surface area contributed by atoms with Crippen LogP contribution in [0.2, 0.25) is 0 Å². The fourth-order valence-corrected chi connectivity index (χ4v) is 17.4. The maximum Gasteiger partial charge on any atom is 0.258 e.